The van der Waals surface area contributed by atoms with Gasteiger partial charge >= 0.3 is 5.97 Å². The van der Waals surface area contributed by atoms with Crippen LogP contribution in [0.4, 0.5) is 5.69 Å². The summed E-state index contributed by atoms with van der Waals surface area (Å²) < 4.78 is 10.7. The van der Waals surface area contributed by atoms with Crippen LogP contribution in [0, 0.1) is 5.41 Å². The molecule has 0 aliphatic rings. The first kappa shape index (κ1) is 24.6. The Bertz CT molecular complexity index is 844. The third kappa shape index (κ3) is 6.25. The Morgan fingerprint density at radius 1 is 1.31 bits per heavy atom. The molecule has 0 aliphatic carbocycles. The maximum absolute atomic E-state index is 12.5. The van der Waals surface area contributed by atoms with Crippen molar-refractivity contribution in [1.29, 1.82) is 5.41 Å². The first-order valence-electron chi connectivity index (χ1n) is 8.76. The van der Waals surface area contributed by atoms with Gasteiger partial charge in [-0.05, 0) is 48.4 Å². The second kappa shape index (κ2) is 11.5. The Morgan fingerprint density at radius 3 is 2.48 bits per heavy atom. The number of halogens is 2. The number of hydrogen-bond acceptors (Lipinski definition) is 6. The number of esters is 1. The minimum absolute atomic E-state index is 0. The van der Waals surface area contributed by atoms with Crippen molar-refractivity contribution in [3.63, 3.8) is 0 Å². The van der Waals surface area contributed by atoms with E-state index in [0.717, 1.165) is 5.56 Å². The number of aliphatic hydroxyl groups excluding tert-OH is 1. The van der Waals surface area contributed by atoms with Crippen molar-refractivity contribution in [3.8, 4) is 5.75 Å². The molecular formula is C20H25Cl2N3O4. The second-order valence-corrected chi connectivity index (χ2v) is 6.44. The van der Waals surface area contributed by atoms with Gasteiger partial charge in [0.15, 0.2) is 6.04 Å². The number of hydrogen-bond donors (Lipinski definition) is 4. The summed E-state index contributed by atoms with van der Waals surface area (Å²) in [7, 11) is 1.30. The van der Waals surface area contributed by atoms with Gasteiger partial charge < -0.3 is 25.6 Å². The predicted molar refractivity (Wildman–Crippen MR) is 116 cm³/mol. The van der Waals surface area contributed by atoms with Crippen molar-refractivity contribution >= 4 is 41.5 Å². The molecule has 1 atom stereocenters. The van der Waals surface area contributed by atoms with E-state index < -0.39 is 12.0 Å². The molecular weight excluding hydrogens is 417 g/mol. The van der Waals surface area contributed by atoms with Crippen LogP contribution in [0.3, 0.4) is 0 Å². The van der Waals surface area contributed by atoms with E-state index in [9.17, 15) is 4.79 Å². The van der Waals surface area contributed by atoms with Crippen LogP contribution < -0.4 is 15.8 Å². The van der Waals surface area contributed by atoms with Crippen LogP contribution in [0.25, 0.3) is 0 Å². The normalized spacial score (nSPS) is 11.2. The van der Waals surface area contributed by atoms with Crippen LogP contribution in [-0.4, -0.2) is 37.2 Å². The van der Waals surface area contributed by atoms with Crippen molar-refractivity contribution in [2.24, 2.45) is 5.73 Å². The number of aliphatic hydroxyl groups is 1. The predicted octanol–water partition coefficient (Wildman–Crippen LogP) is 3.31. The van der Waals surface area contributed by atoms with Gasteiger partial charge in [-0.2, -0.15) is 0 Å². The third-order valence-corrected chi connectivity index (χ3v) is 4.35. The van der Waals surface area contributed by atoms with Crippen LogP contribution in [0.5, 0.6) is 5.75 Å². The molecule has 0 radical (unpaired) electrons. The number of methoxy groups -OCH3 is 1. The highest BCUT2D eigenvalue weighted by atomic mass is 35.5. The number of aryl methyl sites for hydroxylation is 1. The smallest absolute Gasteiger partial charge is 0.333 e. The van der Waals surface area contributed by atoms with Gasteiger partial charge in [-0.3, -0.25) is 5.41 Å². The summed E-state index contributed by atoms with van der Waals surface area (Å²) in [5, 5.41) is 20.2. The van der Waals surface area contributed by atoms with E-state index in [2.05, 4.69) is 5.32 Å². The maximum Gasteiger partial charge on any atom is 0.333 e. The molecule has 0 saturated carbocycles. The lowest BCUT2D eigenvalue weighted by Gasteiger charge is -2.23. The summed E-state index contributed by atoms with van der Waals surface area (Å²) in [5.74, 6) is -0.0730. The number of ether oxygens (including phenoxy) is 2. The molecule has 0 aromatic heterocycles. The summed E-state index contributed by atoms with van der Waals surface area (Å²) in [5.41, 5.74) is 8.01. The fraction of sp³-hybridized carbons (Fsp3) is 0.300. The van der Waals surface area contributed by atoms with Gasteiger partial charge in [-0.25, -0.2) is 4.79 Å². The van der Waals surface area contributed by atoms with Gasteiger partial charge in [0.1, 0.15) is 18.2 Å². The first-order chi connectivity index (χ1) is 13.4. The number of benzene rings is 2. The Kier molecular flexibility index (Phi) is 9.74. The molecule has 0 spiro atoms. The lowest BCUT2D eigenvalue weighted by Crippen LogP contribution is -2.24. The monoisotopic (exact) mass is 441 g/mol. The zero-order chi connectivity index (χ0) is 20.7. The number of carbonyl (C=O) groups is 1. The maximum atomic E-state index is 12.5. The number of rotatable bonds is 9. The molecule has 0 aliphatic heterocycles. The number of anilines is 1. The molecule has 2 aromatic carbocycles. The van der Waals surface area contributed by atoms with Crippen LogP contribution in [0.1, 0.15) is 29.7 Å². The van der Waals surface area contributed by atoms with E-state index in [0.29, 0.717) is 34.0 Å². The van der Waals surface area contributed by atoms with Crippen LogP contribution in [0.15, 0.2) is 36.4 Å². The van der Waals surface area contributed by atoms with Crippen molar-refractivity contribution in [1.82, 2.24) is 0 Å². The molecule has 7 nitrogen and oxygen atoms in total. The highest BCUT2D eigenvalue weighted by Crippen LogP contribution is 2.35. The molecule has 9 heteroatoms. The quantitative estimate of drug-likeness (QED) is 0.269. The zero-order valence-corrected chi connectivity index (χ0v) is 17.8. The summed E-state index contributed by atoms with van der Waals surface area (Å²) in [4.78, 5) is 12.5. The highest BCUT2D eigenvalue weighted by Gasteiger charge is 2.27. The Morgan fingerprint density at radius 2 is 1.97 bits per heavy atom. The number of carbonyl (C=O) groups excluding carboxylic acids is 1. The summed E-state index contributed by atoms with van der Waals surface area (Å²) in [6.45, 7) is 1.87. The van der Waals surface area contributed by atoms with E-state index in [-0.39, 0.29) is 31.5 Å². The van der Waals surface area contributed by atoms with Crippen molar-refractivity contribution in [2.75, 3.05) is 25.6 Å². The molecule has 1 unspecified atom stereocenters. The average molecular weight is 442 g/mol. The lowest BCUT2D eigenvalue weighted by atomic mass is 10.00. The van der Waals surface area contributed by atoms with Gasteiger partial charge in [0.05, 0.1) is 13.7 Å². The number of nitrogen functional groups attached to an aromatic ring is 1. The summed E-state index contributed by atoms with van der Waals surface area (Å²) in [6.07, 6.45) is 0.634. The topological polar surface area (TPSA) is 118 Å². The fourth-order valence-electron chi connectivity index (χ4n) is 2.77. The van der Waals surface area contributed by atoms with Crippen molar-refractivity contribution in [2.45, 2.75) is 19.4 Å². The van der Waals surface area contributed by atoms with Gasteiger partial charge in [0.2, 0.25) is 0 Å². The van der Waals surface area contributed by atoms with Crippen LogP contribution in [-0.2, 0) is 16.0 Å². The standard InChI is InChI=1S/C20H24ClN3O4.ClH/c1-3-12-10-14(21)11-16(18(12)28-9-8-25)17(20(26)27-2)24-15-6-4-13(5-7-15)19(22)23;/h4-7,10-11,17,24-25H,3,8-9H2,1-2H3,(H3,22,23);1H. The van der Waals surface area contributed by atoms with Crippen LogP contribution in [0.2, 0.25) is 5.02 Å². The number of amidine groups is 1. The molecule has 0 amide bonds. The van der Waals surface area contributed by atoms with Gasteiger partial charge in [0.25, 0.3) is 0 Å². The second-order valence-electron chi connectivity index (χ2n) is 6.00. The van der Waals surface area contributed by atoms with Gasteiger partial charge in [-0.15, -0.1) is 12.4 Å². The SMILES string of the molecule is CCc1cc(Cl)cc(C(Nc2ccc(C(=N)N)cc2)C(=O)OC)c1OCCO.Cl. The van der Waals surface area contributed by atoms with E-state index in [1.54, 1.807) is 36.4 Å². The molecule has 158 valence electrons. The van der Waals surface area contributed by atoms with Gasteiger partial charge in [0, 0.05) is 21.8 Å². The van der Waals surface area contributed by atoms with E-state index >= 15 is 0 Å². The molecule has 0 fully saturated rings. The van der Waals surface area contributed by atoms with E-state index in [1.165, 1.54) is 7.11 Å². The Labute approximate surface area is 181 Å². The summed E-state index contributed by atoms with van der Waals surface area (Å²) >= 11 is 6.26. The number of nitrogens with two attached hydrogens (primary N) is 1. The zero-order valence-electron chi connectivity index (χ0n) is 16.2. The average Bonchev–Trinajstić information content (AvgIpc) is 2.70. The first-order valence-corrected chi connectivity index (χ1v) is 9.13. The largest absolute Gasteiger partial charge is 0.491 e. The fourth-order valence-corrected chi connectivity index (χ4v) is 3.02. The molecule has 0 saturated heterocycles. The Hall–Kier alpha value is -2.48. The van der Waals surface area contributed by atoms with E-state index in [4.69, 9.17) is 37.3 Å². The van der Waals surface area contributed by atoms with Gasteiger partial charge in [-0.1, -0.05) is 18.5 Å². The lowest BCUT2D eigenvalue weighted by molar-refractivity contribution is -0.141. The number of nitrogens with one attached hydrogen (secondary N) is 2. The van der Waals surface area contributed by atoms with E-state index in [1.807, 2.05) is 6.92 Å². The van der Waals surface area contributed by atoms with Crippen molar-refractivity contribution < 1.29 is 19.4 Å². The molecule has 2 aromatic rings. The summed E-state index contributed by atoms with van der Waals surface area (Å²) in [6, 6.07) is 9.32. The molecule has 5 N–H and O–H groups in total. The molecule has 29 heavy (non-hydrogen) atoms. The van der Waals surface area contributed by atoms with Crippen molar-refractivity contribution in [3.05, 3.63) is 58.1 Å². The highest BCUT2D eigenvalue weighted by molar-refractivity contribution is 6.30. The minimum atomic E-state index is -0.883. The third-order valence-electron chi connectivity index (χ3n) is 4.13. The molecule has 0 bridgehead atoms. The minimum Gasteiger partial charge on any atom is -0.491 e. The Balaban J connectivity index is 0.00000420. The molecule has 0 heterocycles. The molecule has 2 rings (SSSR count). The van der Waals surface area contributed by atoms with Crippen LogP contribution >= 0.6 is 24.0 Å².